The molecule has 37 heavy (non-hydrogen) atoms. The molecule has 1 aromatic carbocycles. The summed E-state index contributed by atoms with van der Waals surface area (Å²) in [5.41, 5.74) is 3.66. The van der Waals surface area contributed by atoms with Crippen molar-refractivity contribution >= 4 is 23.4 Å². The lowest BCUT2D eigenvalue weighted by Crippen LogP contribution is -2.46. The molecule has 2 aliphatic heterocycles. The van der Waals surface area contributed by atoms with Crippen LogP contribution in [0.2, 0.25) is 0 Å². The van der Waals surface area contributed by atoms with Crippen LogP contribution in [0.15, 0.2) is 48.7 Å². The highest BCUT2D eigenvalue weighted by atomic mass is 16.5. The van der Waals surface area contributed by atoms with E-state index in [2.05, 4.69) is 20.5 Å². The van der Waals surface area contributed by atoms with Crippen LogP contribution in [-0.4, -0.2) is 70.6 Å². The standard InChI is InChI=1S/C27H30N6O4/c1-17-15-28-24(37-2)13-21(17)22-14-23(31-30-22)27(36)32-10-8-18(9-11-32)26(35)29-19-12-25(34)33(16-19)20-6-4-3-5-7-20/h3-7,13-15,18-19H,8-12,16H2,1-2H3,(H,29,35)(H,30,31). The van der Waals surface area contributed by atoms with Crippen molar-refractivity contribution in [3.8, 4) is 17.1 Å². The summed E-state index contributed by atoms with van der Waals surface area (Å²) in [7, 11) is 1.55. The zero-order valence-corrected chi connectivity index (χ0v) is 20.9. The molecule has 0 saturated carbocycles. The van der Waals surface area contributed by atoms with Crippen molar-refractivity contribution in [1.82, 2.24) is 25.4 Å². The predicted octanol–water partition coefficient (Wildman–Crippen LogP) is 2.56. The number of piperidine rings is 1. The van der Waals surface area contributed by atoms with Crippen LogP contribution in [0, 0.1) is 12.8 Å². The first-order valence-electron chi connectivity index (χ1n) is 12.4. The number of carbonyl (C=O) groups excluding carboxylic acids is 3. The van der Waals surface area contributed by atoms with Gasteiger partial charge in [-0.15, -0.1) is 0 Å². The number of H-pyrrole nitrogens is 1. The Kier molecular flexibility index (Phi) is 6.89. The monoisotopic (exact) mass is 502 g/mol. The van der Waals surface area contributed by atoms with Gasteiger partial charge in [0.2, 0.25) is 17.7 Å². The molecule has 0 bridgehead atoms. The number of likely N-dealkylation sites (tertiary alicyclic amines) is 1. The van der Waals surface area contributed by atoms with E-state index < -0.39 is 0 Å². The summed E-state index contributed by atoms with van der Waals surface area (Å²) in [6.07, 6.45) is 3.15. The zero-order chi connectivity index (χ0) is 25.9. The van der Waals surface area contributed by atoms with E-state index in [-0.39, 0.29) is 29.7 Å². The Bertz CT molecular complexity index is 1300. The maximum absolute atomic E-state index is 13.1. The molecule has 0 aliphatic carbocycles. The van der Waals surface area contributed by atoms with Crippen LogP contribution in [0.1, 0.15) is 35.3 Å². The van der Waals surface area contributed by atoms with Gasteiger partial charge in [-0.3, -0.25) is 19.5 Å². The number of para-hydroxylation sites is 1. The summed E-state index contributed by atoms with van der Waals surface area (Å²) in [5.74, 6) is 0.110. The Morgan fingerprint density at radius 3 is 2.62 bits per heavy atom. The molecule has 2 N–H and O–H groups in total. The number of nitrogens with one attached hydrogen (secondary N) is 2. The second-order valence-corrected chi connectivity index (χ2v) is 9.52. The minimum absolute atomic E-state index is 0.0104. The SMILES string of the molecule is COc1cc(-c2cc(C(=O)N3CCC(C(=O)NC4CC(=O)N(c5ccccc5)C4)CC3)[nH]n2)c(C)cn1. The smallest absolute Gasteiger partial charge is 0.271 e. The average molecular weight is 503 g/mol. The number of hydrogen-bond donors (Lipinski definition) is 2. The average Bonchev–Trinajstić information content (AvgIpc) is 3.56. The second-order valence-electron chi connectivity index (χ2n) is 9.52. The van der Waals surface area contributed by atoms with Crippen molar-refractivity contribution in [1.29, 1.82) is 0 Å². The van der Waals surface area contributed by atoms with E-state index in [9.17, 15) is 14.4 Å². The predicted molar refractivity (Wildman–Crippen MR) is 137 cm³/mol. The van der Waals surface area contributed by atoms with Gasteiger partial charge < -0.3 is 19.9 Å². The summed E-state index contributed by atoms with van der Waals surface area (Å²) in [5, 5.41) is 10.2. The van der Waals surface area contributed by atoms with Crippen molar-refractivity contribution in [2.75, 3.05) is 31.6 Å². The van der Waals surface area contributed by atoms with Crippen LogP contribution in [-0.2, 0) is 9.59 Å². The Hall–Kier alpha value is -4.21. The summed E-state index contributed by atoms with van der Waals surface area (Å²) in [6.45, 7) is 3.35. The highest BCUT2D eigenvalue weighted by Gasteiger charge is 2.34. The number of methoxy groups -OCH3 is 1. The Morgan fingerprint density at radius 1 is 1.14 bits per heavy atom. The summed E-state index contributed by atoms with van der Waals surface area (Å²) in [4.78, 5) is 46.1. The number of aromatic nitrogens is 3. The normalized spacial score (nSPS) is 18.2. The van der Waals surface area contributed by atoms with Crippen LogP contribution in [0.4, 0.5) is 5.69 Å². The third-order valence-corrected chi connectivity index (χ3v) is 7.06. The molecule has 0 spiro atoms. The zero-order valence-electron chi connectivity index (χ0n) is 20.9. The topological polar surface area (TPSA) is 121 Å². The first kappa shape index (κ1) is 24.5. The Morgan fingerprint density at radius 2 is 1.89 bits per heavy atom. The molecular weight excluding hydrogens is 472 g/mol. The molecule has 2 aromatic heterocycles. The first-order chi connectivity index (χ1) is 17.9. The highest BCUT2D eigenvalue weighted by Crippen LogP contribution is 2.26. The molecular formula is C27H30N6O4. The number of benzene rings is 1. The fraction of sp³-hybridized carbons (Fsp3) is 0.370. The first-order valence-corrected chi connectivity index (χ1v) is 12.4. The number of pyridine rings is 1. The second kappa shape index (κ2) is 10.4. The number of nitrogens with zero attached hydrogens (tertiary/aromatic N) is 4. The Labute approximate surface area is 215 Å². The number of hydrogen-bond acceptors (Lipinski definition) is 6. The van der Waals surface area contributed by atoms with Gasteiger partial charge in [-0.2, -0.15) is 5.10 Å². The van der Waals surface area contributed by atoms with Crippen molar-refractivity contribution in [2.45, 2.75) is 32.2 Å². The molecule has 2 saturated heterocycles. The number of ether oxygens (including phenoxy) is 1. The van der Waals surface area contributed by atoms with Crippen molar-refractivity contribution in [3.05, 3.63) is 59.9 Å². The molecule has 3 aromatic rings. The van der Waals surface area contributed by atoms with Crippen LogP contribution < -0.4 is 15.0 Å². The number of anilines is 1. The molecule has 1 atom stereocenters. The van der Waals surface area contributed by atoms with Gasteiger partial charge in [0.05, 0.1) is 18.8 Å². The molecule has 1 unspecified atom stereocenters. The highest BCUT2D eigenvalue weighted by molar-refractivity contribution is 5.97. The van der Waals surface area contributed by atoms with Crippen LogP contribution in [0.3, 0.4) is 0 Å². The summed E-state index contributed by atoms with van der Waals surface area (Å²) < 4.78 is 5.21. The number of aryl methyl sites for hydroxylation is 1. The maximum atomic E-state index is 13.1. The van der Waals surface area contributed by atoms with Gasteiger partial charge in [-0.05, 0) is 43.5 Å². The minimum atomic E-state index is -0.210. The minimum Gasteiger partial charge on any atom is -0.481 e. The van der Waals surface area contributed by atoms with Crippen molar-refractivity contribution in [3.63, 3.8) is 0 Å². The van der Waals surface area contributed by atoms with Gasteiger partial charge in [0, 0.05) is 55.5 Å². The number of amides is 3. The molecule has 3 amide bonds. The van der Waals surface area contributed by atoms with Gasteiger partial charge in [0.1, 0.15) is 5.69 Å². The van der Waals surface area contributed by atoms with Crippen LogP contribution >= 0.6 is 0 Å². The fourth-order valence-electron chi connectivity index (χ4n) is 4.96. The molecule has 2 aliphatic rings. The fourth-order valence-corrected chi connectivity index (χ4v) is 4.96. The molecule has 192 valence electrons. The number of rotatable bonds is 6. The molecule has 2 fully saturated rings. The van der Waals surface area contributed by atoms with Gasteiger partial charge in [0.25, 0.3) is 5.91 Å². The van der Waals surface area contributed by atoms with Gasteiger partial charge in [0.15, 0.2) is 0 Å². The van der Waals surface area contributed by atoms with E-state index in [1.807, 2.05) is 37.3 Å². The lowest BCUT2D eigenvalue weighted by atomic mass is 9.95. The summed E-state index contributed by atoms with van der Waals surface area (Å²) >= 11 is 0. The molecule has 5 rings (SSSR count). The summed E-state index contributed by atoms with van der Waals surface area (Å²) in [6, 6.07) is 12.8. The van der Waals surface area contributed by atoms with E-state index in [1.165, 1.54) is 0 Å². The number of carbonyl (C=O) groups is 3. The molecule has 10 heteroatoms. The maximum Gasteiger partial charge on any atom is 0.271 e. The van der Waals surface area contributed by atoms with Gasteiger partial charge >= 0.3 is 0 Å². The largest absolute Gasteiger partial charge is 0.481 e. The van der Waals surface area contributed by atoms with Gasteiger partial charge in [-0.25, -0.2) is 4.98 Å². The van der Waals surface area contributed by atoms with Crippen LogP contribution in [0.5, 0.6) is 5.88 Å². The van der Waals surface area contributed by atoms with E-state index in [4.69, 9.17) is 4.74 Å². The third-order valence-electron chi connectivity index (χ3n) is 7.06. The quantitative estimate of drug-likeness (QED) is 0.535. The van der Waals surface area contributed by atoms with E-state index in [0.717, 1.165) is 16.8 Å². The van der Waals surface area contributed by atoms with Crippen LogP contribution in [0.25, 0.3) is 11.3 Å². The lowest BCUT2D eigenvalue weighted by molar-refractivity contribution is -0.126. The van der Waals surface area contributed by atoms with Crippen molar-refractivity contribution in [2.24, 2.45) is 5.92 Å². The number of aromatic amines is 1. The lowest BCUT2D eigenvalue weighted by Gasteiger charge is -2.31. The Balaban J connectivity index is 1.15. The molecule has 0 radical (unpaired) electrons. The van der Waals surface area contributed by atoms with E-state index >= 15 is 0 Å². The third kappa shape index (κ3) is 5.18. The van der Waals surface area contributed by atoms with E-state index in [1.54, 1.807) is 35.2 Å². The molecule has 4 heterocycles. The molecule has 10 nitrogen and oxygen atoms in total. The van der Waals surface area contributed by atoms with Crippen molar-refractivity contribution < 1.29 is 19.1 Å². The van der Waals surface area contributed by atoms with Gasteiger partial charge in [-0.1, -0.05) is 18.2 Å². The van der Waals surface area contributed by atoms with E-state index in [0.29, 0.717) is 56.2 Å².